The molecule has 3 N–H and O–H groups in total. The highest BCUT2D eigenvalue weighted by molar-refractivity contribution is 5.97. The number of nitrogens with one attached hydrogen (secondary N) is 3. The van der Waals surface area contributed by atoms with Gasteiger partial charge in [-0.15, -0.1) is 0 Å². The molecule has 3 amide bonds. The van der Waals surface area contributed by atoms with Crippen molar-refractivity contribution < 1.29 is 14.4 Å². The van der Waals surface area contributed by atoms with Crippen LogP contribution in [0.15, 0.2) is 48.5 Å². The quantitative estimate of drug-likeness (QED) is 0.733. The molecule has 2 rings (SSSR count). The molecular weight excluding hydrogens is 342 g/mol. The average molecular weight is 367 g/mol. The van der Waals surface area contributed by atoms with Crippen LogP contribution in [0, 0.1) is 6.92 Å². The lowest BCUT2D eigenvalue weighted by Gasteiger charge is -2.19. The number of amides is 3. The topological polar surface area (TPSA) is 87.3 Å². The maximum atomic E-state index is 12.4. The number of carbonyl (C=O) groups excluding carboxylic acids is 3. The number of benzene rings is 2. The number of hydrogen-bond donors (Lipinski definition) is 3. The molecule has 0 aliphatic rings. The van der Waals surface area contributed by atoms with Crippen LogP contribution in [0.1, 0.15) is 48.3 Å². The Bertz CT molecular complexity index is 848. The van der Waals surface area contributed by atoms with Crippen molar-refractivity contribution in [3.8, 4) is 0 Å². The third kappa shape index (κ3) is 5.95. The highest BCUT2D eigenvalue weighted by Gasteiger charge is 2.19. The van der Waals surface area contributed by atoms with E-state index in [1.807, 2.05) is 38.1 Å². The molecule has 0 fully saturated rings. The van der Waals surface area contributed by atoms with Gasteiger partial charge in [0, 0.05) is 18.2 Å². The molecule has 0 unspecified atom stereocenters. The predicted molar refractivity (Wildman–Crippen MR) is 105 cm³/mol. The van der Waals surface area contributed by atoms with Gasteiger partial charge < -0.3 is 16.0 Å². The summed E-state index contributed by atoms with van der Waals surface area (Å²) >= 11 is 0. The minimum Gasteiger partial charge on any atom is -0.348 e. The Hall–Kier alpha value is -3.15. The Morgan fingerprint density at radius 1 is 0.926 bits per heavy atom. The lowest BCUT2D eigenvalue weighted by atomic mass is 10.1. The van der Waals surface area contributed by atoms with E-state index in [0.29, 0.717) is 11.3 Å². The lowest BCUT2D eigenvalue weighted by Crippen LogP contribution is -2.45. The Labute approximate surface area is 159 Å². The number of hydrogen-bond acceptors (Lipinski definition) is 3. The van der Waals surface area contributed by atoms with Crippen molar-refractivity contribution in [2.45, 2.75) is 39.8 Å². The van der Waals surface area contributed by atoms with Crippen molar-refractivity contribution in [1.82, 2.24) is 10.6 Å². The second kappa shape index (κ2) is 8.98. The summed E-state index contributed by atoms with van der Waals surface area (Å²) in [6.45, 7) is 6.84. The van der Waals surface area contributed by atoms with Gasteiger partial charge in [-0.2, -0.15) is 0 Å². The molecule has 6 heteroatoms. The molecule has 2 aromatic rings. The summed E-state index contributed by atoms with van der Waals surface area (Å²) in [4.78, 5) is 35.9. The molecule has 0 radical (unpaired) electrons. The fraction of sp³-hybridized carbons (Fsp3) is 0.286. The van der Waals surface area contributed by atoms with E-state index in [4.69, 9.17) is 0 Å². The van der Waals surface area contributed by atoms with Crippen LogP contribution in [0.25, 0.3) is 0 Å². The molecule has 0 aliphatic heterocycles. The van der Waals surface area contributed by atoms with E-state index in [1.54, 1.807) is 31.2 Å². The number of aryl methyl sites for hydroxylation is 1. The first-order valence-electron chi connectivity index (χ1n) is 8.81. The molecule has 2 atom stereocenters. The van der Waals surface area contributed by atoms with Crippen LogP contribution < -0.4 is 16.0 Å². The zero-order valence-electron chi connectivity index (χ0n) is 16.0. The summed E-state index contributed by atoms with van der Waals surface area (Å²) in [5.74, 6) is -0.730. The molecule has 6 nitrogen and oxygen atoms in total. The molecule has 0 bridgehead atoms. The zero-order valence-corrected chi connectivity index (χ0v) is 16.0. The van der Waals surface area contributed by atoms with Gasteiger partial charge in [0.1, 0.15) is 6.04 Å². The predicted octanol–water partition coefficient (Wildman–Crippen LogP) is 2.95. The van der Waals surface area contributed by atoms with Gasteiger partial charge in [-0.25, -0.2) is 0 Å². The zero-order chi connectivity index (χ0) is 20.0. The summed E-state index contributed by atoms with van der Waals surface area (Å²) in [5.41, 5.74) is 3.02. The fourth-order valence-corrected chi connectivity index (χ4v) is 2.64. The Morgan fingerprint density at radius 3 is 2.30 bits per heavy atom. The monoisotopic (exact) mass is 367 g/mol. The highest BCUT2D eigenvalue weighted by atomic mass is 16.2. The number of anilines is 1. The van der Waals surface area contributed by atoms with Crippen LogP contribution in [0.4, 0.5) is 5.69 Å². The maximum absolute atomic E-state index is 12.4. The van der Waals surface area contributed by atoms with Crippen LogP contribution in [-0.4, -0.2) is 23.8 Å². The van der Waals surface area contributed by atoms with Crippen molar-refractivity contribution in [2.75, 3.05) is 5.32 Å². The summed E-state index contributed by atoms with van der Waals surface area (Å²) in [6, 6.07) is 13.5. The first-order valence-corrected chi connectivity index (χ1v) is 8.81. The minimum atomic E-state index is -0.681. The van der Waals surface area contributed by atoms with Crippen LogP contribution in [0.2, 0.25) is 0 Å². The molecule has 0 saturated carbocycles. The first kappa shape index (κ1) is 20.2. The van der Waals surface area contributed by atoms with Crippen LogP contribution in [0.3, 0.4) is 0 Å². The molecule has 0 saturated heterocycles. The molecule has 2 aromatic carbocycles. The van der Waals surface area contributed by atoms with Crippen LogP contribution in [0.5, 0.6) is 0 Å². The van der Waals surface area contributed by atoms with E-state index in [2.05, 4.69) is 16.0 Å². The molecule has 0 spiro atoms. The van der Waals surface area contributed by atoms with Crippen LogP contribution in [-0.2, 0) is 9.59 Å². The molecule has 0 heterocycles. The Kier molecular flexibility index (Phi) is 6.71. The first-order chi connectivity index (χ1) is 12.8. The van der Waals surface area contributed by atoms with Gasteiger partial charge in [0.25, 0.3) is 5.91 Å². The molecule has 142 valence electrons. The minimum absolute atomic E-state index is 0.156. The van der Waals surface area contributed by atoms with Gasteiger partial charge in [0.2, 0.25) is 11.8 Å². The van der Waals surface area contributed by atoms with Gasteiger partial charge in [0.05, 0.1) is 6.04 Å². The van der Waals surface area contributed by atoms with Crippen molar-refractivity contribution in [1.29, 1.82) is 0 Å². The lowest BCUT2D eigenvalue weighted by molar-refractivity contribution is -0.123. The largest absolute Gasteiger partial charge is 0.348 e. The smallest absolute Gasteiger partial charge is 0.251 e. The van der Waals surface area contributed by atoms with E-state index in [0.717, 1.165) is 11.1 Å². The van der Waals surface area contributed by atoms with Gasteiger partial charge >= 0.3 is 0 Å². The number of carbonyl (C=O) groups is 3. The maximum Gasteiger partial charge on any atom is 0.251 e. The van der Waals surface area contributed by atoms with Gasteiger partial charge in [0.15, 0.2) is 0 Å². The second-order valence-corrected chi connectivity index (χ2v) is 6.60. The molecule has 0 aromatic heterocycles. The van der Waals surface area contributed by atoms with Crippen molar-refractivity contribution in [3.05, 3.63) is 65.2 Å². The fourth-order valence-electron chi connectivity index (χ4n) is 2.64. The third-order valence-corrected chi connectivity index (χ3v) is 4.09. The van der Waals surface area contributed by atoms with E-state index in [-0.39, 0.29) is 23.8 Å². The third-order valence-electron chi connectivity index (χ3n) is 4.09. The van der Waals surface area contributed by atoms with Gasteiger partial charge in [-0.05, 0) is 50.6 Å². The number of rotatable bonds is 6. The summed E-state index contributed by atoms with van der Waals surface area (Å²) in [6.07, 6.45) is 0. The van der Waals surface area contributed by atoms with Crippen molar-refractivity contribution in [3.63, 3.8) is 0 Å². The van der Waals surface area contributed by atoms with Gasteiger partial charge in [-0.1, -0.05) is 29.8 Å². The molecule has 27 heavy (non-hydrogen) atoms. The summed E-state index contributed by atoms with van der Waals surface area (Å²) in [5, 5.41) is 8.30. The van der Waals surface area contributed by atoms with Crippen molar-refractivity contribution in [2.24, 2.45) is 0 Å². The standard InChI is InChI=1S/C21H25N3O3/c1-13-7-5-9-18(11-13)21(27)23-15(3)20(26)22-14(2)17-8-6-10-19(12-17)24-16(4)25/h5-12,14-15H,1-4H3,(H,22,26)(H,23,27)(H,24,25)/t14-,15-/m1/s1. The highest BCUT2D eigenvalue weighted by Crippen LogP contribution is 2.17. The summed E-state index contributed by atoms with van der Waals surface area (Å²) in [7, 11) is 0. The SMILES string of the molecule is CC(=O)Nc1cccc([C@@H](C)NC(=O)[C@@H](C)NC(=O)c2cccc(C)c2)c1. The normalized spacial score (nSPS) is 12.6. The average Bonchev–Trinajstić information content (AvgIpc) is 2.61. The van der Waals surface area contributed by atoms with Crippen molar-refractivity contribution >= 4 is 23.4 Å². The Balaban J connectivity index is 1.97. The molecular formula is C21H25N3O3. The molecule has 0 aliphatic carbocycles. The van der Waals surface area contributed by atoms with E-state index in [1.165, 1.54) is 6.92 Å². The van der Waals surface area contributed by atoms with E-state index >= 15 is 0 Å². The van der Waals surface area contributed by atoms with E-state index in [9.17, 15) is 14.4 Å². The second-order valence-electron chi connectivity index (χ2n) is 6.60. The summed E-state index contributed by atoms with van der Waals surface area (Å²) < 4.78 is 0. The van der Waals surface area contributed by atoms with E-state index < -0.39 is 6.04 Å². The Morgan fingerprint density at radius 2 is 1.63 bits per heavy atom. The van der Waals surface area contributed by atoms with Crippen LogP contribution >= 0.6 is 0 Å². The van der Waals surface area contributed by atoms with Gasteiger partial charge in [-0.3, -0.25) is 14.4 Å².